The zero-order valence-corrected chi connectivity index (χ0v) is 13.3. The third kappa shape index (κ3) is 3.37. The standard InChI is InChI=1S/C15H21BrN2O/c1-10(2)17-13-5-4-8-18(15(13)19)14-7-6-12(16)9-11(14)3/h6-7,9-10,13,17H,4-5,8H2,1-3H3. The molecule has 1 aromatic carbocycles. The van der Waals surface area contributed by atoms with Gasteiger partial charge in [0.25, 0.3) is 0 Å². The Bertz CT molecular complexity index is 473. The van der Waals surface area contributed by atoms with Gasteiger partial charge in [-0.05, 0) is 43.5 Å². The Balaban J connectivity index is 2.21. The van der Waals surface area contributed by atoms with E-state index in [4.69, 9.17) is 0 Å². The van der Waals surface area contributed by atoms with Crippen LogP contribution >= 0.6 is 15.9 Å². The third-order valence-corrected chi connectivity index (χ3v) is 3.92. The van der Waals surface area contributed by atoms with Crippen LogP contribution in [0.15, 0.2) is 22.7 Å². The second kappa shape index (κ2) is 6.06. The van der Waals surface area contributed by atoms with E-state index >= 15 is 0 Å². The highest BCUT2D eigenvalue weighted by molar-refractivity contribution is 9.10. The number of aryl methyl sites for hydroxylation is 1. The summed E-state index contributed by atoms with van der Waals surface area (Å²) in [5.74, 6) is 0.199. The molecule has 4 heteroatoms. The van der Waals surface area contributed by atoms with Crippen molar-refractivity contribution in [3.8, 4) is 0 Å². The highest BCUT2D eigenvalue weighted by Crippen LogP contribution is 2.27. The van der Waals surface area contributed by atoms with Crippen LogP contribution in [0, 0.1) is 6.92 Å². The summed E-state index contributed by atoms with van der Waals surface area (Å²) in [7, 11) is 0. The van der Waals surface area contributed by atoms with Gasteiger partial charge in [-0.3, -0.25) is 4.79 Å². The summed E-state index contributed by atoms with van der Waals surface area (Å²) in [6.07, 6.45) is 1.98. The summed E-state index contributed by atoms with van der Waals surface area (Å²) >= 11 is 3.46. The smallest absolute Gasteiger partial charge is 0.244 e. The van der Waals surface area contributed by atoms with Crippen molar-refractivity contribution in [1.29, 1.82) is 0 Å². The molecule has 1 fully saturated rings. The normalized spacial score (nSPS) is 20.2. The molecule has 0 aromatic heterocycles. The van der Waals surface area contributed by atoms with Gasteiger partial charge in [0.1, 0.15) is 0 Å². The number of nitrogens with zero attached hydrogens (tertiary/aromatic N) is 1. The first-order valence-electron chi connectivity index (χ1n) is 6.82. The molecule has 1 saturated heterocycles. The van der Waals surface area contributed by atoms with Crippen molar-refractivity contribution in [1.82, 2.24) is 5.32 Å². The van der Waals surface area contributed by atoms with Crippen molar-refractivity contribution < 1.29 is 4.79 Å². The van der Waals surface area contributed by atoms with Gasteiger partial charge in [0.15, 0.2) is 0 Å². The fourth-order valence-electron chi connectivity index (χ4n) is 2.59. The summed E-state index contributed by atoms with van der Waals surface area (Å²) in [5, 5.41) is 3.36. The maximum absolute atomic E-state index is 12.6. The van der Waals surface area contributed by atoms with E-state index < -0.39 is 0 Å². The van der Waals surface area contributed by atoms with Crippen molar-refractivity contribution in [2.45, 2.75) is 45.7 Å². The summed E-state index contributed by atoms with van der Waals surface area (Å²) in [6.45, 7) is 7.03. The summed E-state index contributed by atoms with van der Waals surface area (Å²) in [5.41, 5.74) is 2.16. The Morgan fingerprint density at radius 2 is 2.16 bits per heavy atom. The lowest BCUT2D eigenvalue weighted by Crippen LogP contribution is -2.52. The van der Waals surface area contributed by atoms with Crippen molar-refractivity contribution >= 4 is 27.5 Å². The van der Waals surface area contributed by atoms with E-state index in [1.54, 1.807) is 0 Å². The quantitative estimate of drug-likeness (QED) is 0.925. The topological polar surface area (TPSA) is 32.3 Å². The van der Waals surface area contributed by atoms with Crippen LogP contribution in [-0.2, 0) is 4.79 Å². The second-order valence-corrected chi connectivity index (χ2v) is 6.35. The maximum atomic E-state index is 12.6. The van der Waals surface area contributed by atoms with E-state index in [2.05, 4.69) is 41.2 Å². The molecule has 0 radical (unpaired) electrons. The number of hydrogen-bond acceptors (Lipinski definition) is 2. The Labute approximate surface area is 123 Å². The summed E-state index contributed by atoms with van der Waals surface area (Å²) in [6, 6.07) is 6.36. The van der Waals surface area contributed by atoms with E-state index in [1.807, 2.05) is 24.0 Å². The van der Waals surface area contributed by atoms with E-state index in [-0.39, 0.29) is 11.9 Å². The number of nitrogens with one attached hydrogen (secondary N) is 1. The summed E-state index contributed by atoms with van der Waals surface area (Å²) in [4.78, 5) is 14.5. The van der Waals surface area contributed by atoms with Gasteiger partial charge in [0.2, 0.25) is 5.91 Å². The highest BCUT2D eigenvalue weighted by Gasteiger charge is 2.30. The molecule has 1 unspecified atom stereocenters. The molecule has 1 amide bonds. The molecule has 2 rings (SSSR count). The monoisotopic (exact) mass is 324 g/mol. The van der Waals surface area contributed by atoms with E-state index in [0.29, 0.717) is 6.04 Å². The van der Waals surface area contributed by atoms with E-state index in [9.17, 15) is 4.79 Å². The van der Waals surface area contributed by atoms with Gasteiger partial charge in [0.05, 0.1) is 6.04 Å². The van der Waals surface area contributed by atoms with Gasteiger partial charge in [-0.25, -0.2) is 0 Å². The van der Waals surface area contributed by atoms with Crippen LogP contribution in [0.1, 0.15) is 32.3 Å². The molecule has 104 valence electrons. The number of hydrogen-bond donors (Lipinski definition) is 1. The fourth-order valence-corrected chi connectivity index (χ4v) is 3.07. The van der Waals surface area contributed by atoms with Crippen LogP contribution in [0.3, 0.4) is 0 Å². The van der Waals surface area contributed by atoms with E-state index in [0.717, 1.165) is 35.1 Å². The lowest BCUT2D eigenvalue weighted by atomic mass is 10.0. The Morgan fingerprint density at radius 1 is 1.42 bits per heavy atom. The fraction of sp³-hybridized carbons (Fsp3) is 0.533. The molecule has 1 aliphatic rings. The van der Waals surface area contributed by atoms with Gasteiger partial charge in [0, 0.05) is 22.7 Å². The largest absolute Gasteiger partial charge is 0.311 e. The molecule has 1 N–H and O–H groups in total. The number of halogens is 1. The average molecular weight is 325 g/mol. The molecule has 0 aliphatic carbocycles. The minimum Gasteiger partial charge on any atom is -0.311 e. The molecule has 1 atom stereocenters. The van der Waals surface area contributed by atoms with Crippen LogP contribution in [-0.4, -0.2) is 24.5 Å². The SMILES string of the molecule is Cc1cc(Br)ccc1N1CCCC(NC(C)C)C1=O. The maximum Gasteiger partial charge on any atom is 0.244 e. The van der Waals surface area contributed by atoms with Crippen molar-refractivity contribution in [3.05, 3.63) is 28.2 Å². The van der Waals surface area contributed by atoms with Gasteiger partial charge >= 0.3 is 0 Å². The number of benzene rings is 1. The van der Waals surface area contributed by atoms with Gasteiger partial charge in [-0.1, -0.05) is 29.8 Å². The van der Waals surface area contributed by atoms with Crippen LogP contribution in [0.2, 0.25) is 0 Å². The molecular weight excluding hydrogens is 304 g/mol. The molecule has 0 spiro atoms. The number of anilines is 1. The third-order valence-electron chi connectivity index (χ3n) is 3.42. The first kappa shape index (κ1) is 14.5. The Kier molecular flexibility index (Phi) is 4.63. The van der Waals surface area contributed by atoms with E-state index in [1.165, 1.54) is 0 Å². The predicted octanol–water partition coefficient (Wildman–Crippen LogP) is 3.25. The average Bonchev–Trinajstić information content (AvgIpc) is 2.32. The minimum atomic E-state index is -0.0446. The molecular formula is C15H21BrN2O. The first-order valence-corrected chi connectivity index (χ1v) is 7.62. The van der Waals surface area contributed by atoms with Crippen molar-refractivity contribution in [2.75, 3.05) is 11.4 Å². The lowest BCUT2D eigenvalue weighted by Gasteiger charge is -2.34. The number of rotatable bonds is 3. The number of carbonyl (C=O) groups is 1. The predicted molar refractivity (Wildman–Crippen MR) is 82.5 cm³/mol. The zero-order valence-electron chi connectivity index (χ0n) is 11.7. The minimum absolute atomic E-state index is 0.0446. The molecule has 1 heterocycles. The summed E-state index contributed by atoms with van der Waals surface area (Å²) < 4.78 is 1.05. The van der Waals surface area contributed by atoms with Crippen molar-refractivity contribution in [3.63, 3.8) is 0 Å². The Morgan fingerprint density at radius 3 is 2.79 bits per heavy atom. The zero-order chi connectivity index (χ0) is 14.0. The lowest BCUT2D eigenvalue weighted by molar-refractivity contribution is -0.121. The number of carbonyl (C=O) groups excluding carboxylic acids is 1. The van der Waals surface area contributed by atoms with Crippen LogP contribution in [0.5, 0.6) is 0 Å². The van der Waals surface area contributed by atoms with Crippen LogP contribution < -0.4 is 10.2 Å². The first-order chi connectivity index (χ1) is 8.99. The van der Waals surface area contributed by atoms with Gasteiger partial charge in [-0.2, -0.15) is 0 Å². The molecule has 0 saturated carbocycles. The number of piperidine rings is 1. The van der Waals surface area contributed by atoms with Gasteiger partial charge < -0.3 is 10.2 Å². The highest BCUT2D eigenvalue weighted by atomic mass is 79.9. The van der Waals surface area contributed by atoms with Crippen LogP contribution in [0.4, 0.5) is 5.69 Å². The van der Waals surface area contributed by atoms with Gasteiger partial charge in [-0.15, -0.1) is 0 Å². The number of amides is 1. The molecule has 19 heavy (non-hydrogen) atoms. The second-order valence-electron chi connectivity index (χ2n) is 5.44. The molecule has 3 nitrogen and oxygen atoms in total. The van der Waals surface area contributed by atoms with Crippen molar-refractivity contribution in [2.24, 2.45) is 0 Å². The molecule has 1 aliphatic heterocycles. The Hall–Kier alpha value is -0.870. The molecule has 0 bridgehead atoms. The van der Waals surface area contributed by atoms with Crippen LogP contribution in [0.25, 0.3) is 0 Å². The molecule has 1 aromatic rings.